The van der Waals surface area contributed by atoms with Crippen molar-refractivity contribution in [3.8, 4) is 11.5 Å². The first-order valence-corrected chi connectivity index (χ1v) is 8.72. The highest BCUT2D eigenvalue weighted by Crippen LogP contribution is 2.47. The summed E-state index contributed by atoms with van der Waals surface area (Å²) in [5.41, 5.74) is 0.511. The molecule has 3 rings (SSSR count). The van der Waals surface area contributed by atoms with Crippen LogP contribution in [0.2, 0.25) is 0 Å². The van der Waals surface area contributed by atoms with Gasteiger partial charge in [-0.3, -0.25) is 9.59 Å². The fraction of sp³-hybridized carbons (Fsp3) is 0.556. The summed E-state index contributed by atoms with van der Waals surface area (Å²) in [7, 11) is 1.63. The van der Waals surface area contributed by atoms with Crippen molar-refractivity contribution >= 4 is 17.5 Å². The van der Waals surface area contributed by atoms with Crippen LogP contribution in [0.1, 0.15) is 38.5 Å². The monoisotopic (exact) mass is 348 g/mol. The van der Waals surface area contributed by atoms with Crippen LogP contribution in [0.4, 0.5) is 5.69 Å². The van der Waals surface area contributed by atoms with E-state index in [4.69, 9.17) is 14.2 Å². The van der Waals surface area contributed by atoms with E-state index in [1.807, 2.05) is 0 Å². The summed E-state index contributed by atoms with van der Waals surface area (Å²) in [5, 5.41) is 5.18. The maximum absolute atomic E-state index is 12.0. The van der Waals surface area contributed by atoms with Crippen molar-refractivity contribution in [2.45, 2.75) is 44.3 Å². The number of unbranched alkanes of at least 4 members (excludes halogenated alkanes) is 1. The zero-order valence-corrected chi connectivity index (χ0v) is 14.4. The normalized spacial score (nSPS) is 16.8. The minimum atomic E-state index is -0.693. The van der Waals surface area contributed by atoms with Gasteiger partial charge in [-0.15, -0.1) is 0 Å². The fourth-order valence-corrected chi connectivity index (χ4v) is 3.13. The summed E-state index contributed by atoms with van der Waals surface area (Å²) in [6.45, 7) is 1.08. The van der Waals surface area contributed by atoms with E-state index in [1.54, 1.807) is 25.3 Å². The van der Waals surface area contributed by atoms with E-state index in [0.29, 0.717) is 30.3 Å². The van der Waals surface area contributed by atoms with Gasteiger partial charge in [-0.05, 0) is 37.8 Å². The maximum Gasteiger partial charge on any atom is 0.313 e. The lowest BCUT2D eigenvalue weighted by atomic mass is 10.2. The molecule has 0 atom stereocenters. The molecular formula is C18H24N2O5. The van der Waals surface area contributed by atoms with Crippen molar-refractivity contribution in [1.82, 2.24) is 5.32 Å². The first kappa shape index (κ1) is 17.5. The lowest BCUT2D eigenvalue weighted by molar-refractivity contribution is -0.136. The van der Waals surface area contributed by atoms with Crippen LogP contribution in [0.5, 0.6) is 11.5 Å². The van der Waals surface area contributed by atoms with Crippen LogP contribution in [0.3, 0.4) is 0 Å². The summed E-state index contributed by atoms with van der Waals surface area (Å²) in [6.07, 6.45) is 5.51. The van der Waals surface area contributed by atoms with Crippen molar-refractivity contribution in [2.75, 3.05) is 25.6 Å². The molecule has 0 unspecified atom stereocenters. The molecule has 0 aromatic heterocycles. The van der Waals surface area contributed by atoms with E-state index >= 15 is 0 Å². The Labute approximate surface area is 147 Å². The average Bonchev–Trinajstić information content (AvgIpc) is 3.20. The van der Waals surface area contributed by atoms with Crippen LogP contribution < -0.4 is 20.1 Å². The lowest BCUT2D eigenvalue weighted by Gasteiger charge is -2.21. The average molecular weight is 348 g/mol. The molecule has 25 heavy (non-hydrogen) atoms. The molecule has 1 spiro atoms. The SMILES string of the molecule is COCCCCNC(=O)C(=O)Nc1ccc2c(c1)OC1(CCCC1)O2. The molecule has 2 amide bonds. The Balaban J connectivity index is 1.50. The van der Waals surface area contributed by atoms with Crippen molar-refractivity contribution in [1.29, 1.82) is 0 Å². The van der Waals surface area contributed by atoms with Crippen LogP contribution >= 0.6 is 0 Å². The topological polar surface area (TPSA) is 85.9 Å². The molecular weight excluding hydrogens is 324 g/mol. The first-order chi connectivity index (χ1) is 12.1. The second kappa shape index (κ2) is 7.74. The highest BCUT2D eigenvalue weighted by Gasteiger charge is 2.44. The van der Waals surface area contributed by atoms with E-state index < -0.39 is 17.6 Å². The standard InChI is InChI=1S/C18H24N2O5/c1-23-11-5-4-10-19-16(21)17(22)20-13-6-7-14-15(12-13)25-18(24-14)8-2-3-9-18/h6-7,12H,2-5,8-11H2,1H3,(H,19,21)(H,20,22). The highest BCUT2D eigenvalue weighted by molar-refractivity contribution is 6.39. The van der Waals surface area contributed by atoms with Crippen molar-refractivity contribution in [3.63, 3.8) is 0 Å². The number of fused-ring (bicyclic) bond motifs is 1. The van der Waals surface area contributed by atoms with Crippen LogP contribution in [-0.2, 0) is 14.3 Å². The molecule has 1 aromatic rings. The molecule has 7 heteroatoms. The molecule has 7 nitrogen and oxygen atoms in total. The molecule has 1 aliphatic carbocycles. The van der Waals surface area contributed by atoms with Gasteiger partial charge in [0, 0.05) is 44.9 Å². The Morgan fingerprint density at radius 1 is 1.12 bits per heavy atom. The lowest BCUT2D eigenvalue weighted by Crippen LogP contribution is -2.36. The molecule has 0 saturated heterocycles. The van der Waals surface area contributed by atoms with Gasteiger partial charge >= 0.3 is 11.8 Å². The van der Waals surface area contributed by atoms with Gasteiger partial charge in [-0.1, -0.05) is 0 Å². The van der Waals surface area contributed by atoms with Gasteiger partial charge in [-0.2, -0.15) is 0 Å². The maximum atomic E-state index is 12.0. The van der Waals surface area contributed by atoms with E-state index in [2.05, 4.69) is 10.6 Å². The Bertz CT molecular complexity index is 640. The summed E-state index contributed by atoms with van der Waals surface area (Å²) in [6, 6.07) is 5.17. The fourth-order valence-electron chi connectivity index (χ4n) is 3.13. The molecule has 0 radical (unpaired) electrons. The van der Waals surface area contributed by atoms with Crippen molar-refractivity contribution in [3.05, 3.63) is 18.2 Å². The molecule has 1 fully saturated rings. The number of rotatable bonds is 6. The van der Waals surface area contributed by atoms with E-state index in [9.17, 15) is 9.59 Å². The molecule has 0 bridgehead atoms. The van der Waals surface area contributed by atoms with Gasteiger partial charge in [-0.25, -0.2) is 0 Å². The Morgan fingerprint density at radius 2 is 1.88 bits per heavy atom. The van der Waals surface area contributed by atoms with Gasteiger partial charge < -0.3 is 24.8 Å². The summed E-state index contributed by atoms with van der Waals surface area (Å²) < 4.78 is 16.8. The van der Waals surface area contributed by atoms with E-state index in [-0.39, 0.29) is 0 Å². The minimum absolute atomic E-state index is 0.444. The van der Waals surface area contributed by atoms with Gasteiger partial charge in [0.25, 0.3) is 5.79 Å². The van der Waals surface area contributed by atoms with Crippen molar-refractivity contribution < 1.29 is 23.8 Å². The predicted octanol–water partition coefficient (Wildman–Crippen LogP) is 2.21. The molecule has 2 N–H and O–H groups in total. The second-order valence-electron chi connectivity index (χ2n) is 6.39. The van der Waals surface area contributed by atoms with Crippen LogP contribution in [0.15, 0.2) is 18.2 Å². The highest BCUT2D eigenvalue weighted by atomic mass is 16.7. The Hall–Kier alpha value is -2.28. The van der Waals surface area contributed by atoms with Gasteiger partial charge in [0.2, 0.25) is 0 Å². The number of ether oxygens (including phenoxy) is 3. The van der Waals surface area contributed by atoms with Crippen molar-refractivity contribution in [2.24, 2.45) is 0 Å². The van der Waals surface area contributed by atoms with E-state index in [1.165, 1.54) is 0 Å². The first-order valence-electron chi connectivity index (χ1n) is 8.72. The van der Waals surface area contributed by atoms with Gasteiger partial charge in [0.1, 0.15) is 0 Å². The number of hydrogen-bond donors (Lipinski definition) is 2. The molecule has 1 heterocycles. The smallest absolute Gasteiger partial charge is 0.313 e. The van der Waals surface area contributed by atoms with E-state index in [0.717, 1.165) is 38.5 Å². The van der Waals surface area contributed by atoms with Crippen LogP contribution in [0, 0.1) is 0 Å². The molecule has 1 aliphatic heterocycles. The van der Waals surface area contributed by atoms with Crippen LogP contribution in [0.25, 0.3) is 0 Å². The number of hydrogen-bond acceptors (Lipinski definition) is 5. The summed E-state index contributed by atoms with van der Waals surface area (Å²) in [4.78, 5) is 23.8. The predicted molar refractivity (Wildman–Crippen MR) is 91.6 cm³/mol. The number of anilines is 1. The van der Waals surface area contributed by atoms with Gasteiger partial charge in [0.15, 0.2) is 11.5 Å². The molecule has 1 saturated carbocycles. The third-order valence-corrected chi connectivity index (χ3v) is 4.43. The zero-order valence-electron chi connectivity index (χ0n) is 14.4. The Morgan fingerprint density at radius 3 is 2.64 bits per heavy atom. The molecule has 2 aliphatic rings. The number of methoxy groups -OCH3 is 1. The summed E-state index contributed by atoms with van der Waals surface area (Å²) in [5.74, 6) is -0.587. The summed E-state index contributed by atoms with van der Waals surface area (Å²) >= 11 is 0. The quantitative estimate of drug-likeness (QED) is 0.608. The van der Waals surface area contributed by atoms with Gasteiger partial charge in [0.05, 0.1) is 0 Å². The minimum Gasteiger partial charge on any atom is -0.448 e. The Kier molecular flexibility index (Phi) is 5.43. The molecule has 1 aromatic carbocycles. The zero-order chi connectivity index (χ0) is 17.7. The number of carbonyl (C=O) groups is 2. The third kappa shape index (κ3) is 4.22. The number of nitrogens with one attached hydrogen (secondary N) is 2. The number of carbonyl (C=O) groups excluding carboxylic acids is 2. The molecule has 136 valence electrons. The number of benzene rings is 1. The van der Waals surface area contributed by atoms with Crippen LogP contribution in [-0.4, -0.2) is 37.9 Å². The third-order valence-electron chi connectivity index (χ3n) is 4.43. The second-order valence-corrected chi connectivity index (χ2v) is 6.39. The number of amides is 2. The largest absolute Gasteiger partial charge is 0.448 e.